The van der Waals surface area contributed by atoms with Gasteiger partial charge in [-0.3, -0.25) is 14.7 Å². The summed E-state index contributed by atoms with van der Waals surface area (Å²) < 4.78 is 4.98. The Morgan fingerprint density at radius 2 is 2.41 bits per heavy atom. The second kappa shape index (κ2) is 8.14. The number of carbonyl (C=O) groups excluding carboxylic acids is 2. The number of aromatic nitrogens is 3. The standard InChI is InChI=1S/C13H21N5O3S/c1-9-15-13(17-16-9)22-8-11(19)14-6-10-5-12(20)18(7-10)3-4-21-2/h10H,3-8H2,1-2H3,(H,14,19)(H,15,16,17)/t10-/m0/s1. The molecule has 1 fully saturated rings. The van der Waals surface area contributed by atoms with E-state index in [1.807, 2.05) is 6.92 Å². The molecule has 1 atom stereocenters. The van der Waals surface area contributed by atoms with Crippen LogP contribution in [0.5, 0.6) is 0 Å². The summed E-state index contributed by atoms with van der Waals surface area (Å²) in [4.78, 5) is 29.5. The molecule has 0 radical (unpaired) electrons. The maximum Gasteiger partial charge on any atom is 0.230 e. The molecule has 0 spiro atoms. The zero-order valence-electron chi connectivity index (χ0n) is 12.8. The third-order valence-corrected chi connectivity index (χ3v) is 4.20. The molecule has 122 valence electrons. The summed E-state index contributed by atoms with van der Waals surface area (Å²) in [7, 11) is 1.62. The number of aromatic amines is 1. The van der Waals surface area contributed by atoms with Crippen LogP contribution in [0.4, 0.5) is 0 Å². The number of ether oxygens (including phenoxy) is 1. The van der Waals surface area contributed by atoms with Gasteiger partial charge in [0.1, 0.15) is 5.82 Å². The van der Waals surface area contributed by atoms with Crippen LogP contribution in [0, 0.1) is 12.8 Å². The first-order valence-electron chi connectivity index (χ1n) is 7.13. The first kappa shape index (κ1) is 16.8. The molecule has 1 aromatic rings. The van der Waals surface area contributed by atoms with Gasteiger partial charge in [-0.1, -0.05) is 11.8 Å². The van der Waals surface area contributed by atoms with E-state index in [0.29, 0.717) is 37.8 Å². The third-order valence-electron chi connectivity index (χ3n) is 3.36. The highest BCUT2D eigenvalue weighted by Gasteiger charge is 2.29. The van der Waals surface area contributed by atoms with E-state index < -0.39 is 0 Å². The van der Waals surface area contributed by atoms with Crippen LogP contribution < -0.4 is 5.32 Å². The minimum atomic E-state index is -0.0738. The zero-order chi connectivity index (χ0) is 15.9. The fourth-order valence-electron chi connectivity index (χ4n) is 2.23. The lowest BCUT2D eigenvalue weighted by molar-refractivity contribution is -0.128. The molecule has 0 aromatic carbocycles. The van der Waals surface area contributed by atoms with Crippen molar-refractivity contribution < 1.29 is 14.3 Å². The summed E-state index contributed by atoms with van der Waals surface area (Å²) in [6.07, 6.45) is 0.483. The lowest BCUT2D eigenvalue weighted by atomic mass is 10.1. The minimum absolute atomic E-state index is 0.0738. The Balaban J connectivity index is 1.65. The molecule has 2 N–H and O–H groups in total. The molecule has 0 unspecified atom stereocenters. The van der Waals surface area contributed by atoms with Crippen molar-refractivity contribution in [2.24, 2.45) is 5.92 Å². The van der Waals surface area contributed by atoms with Gasteiger partial charge in [0.05, 0.1) is 12.4 Å². The predicted octanol–water partition coefficient (Wildman–Crippen LogP) is -0.184. The van der Waals surface area contributed by atoms with E-state index in [9.17, 15) is 9.59 Å². The number of hydrogen-bond acceptors (Lipinski definition) is 6. The molecule has 22 heavy (non-hydrogen) atoms. The second-order valence-electron chi connectivity index (χ2n) is 5.20. The molecule has 1 aliphatic rings. The summed E-state index contributed by atoms with van der Waals surface area (Å²) in [5.74, 6) is 1.22. The van der Waals surface area contributed by atoms with Crippen LogP contribution >= 0.6 is 11.8 Å². The fourth-order valence-corrected chi connectivity index (χ4v) is 2.91. The molecule has 1 saturated heterocycles. The summed E-state index contributed by atoms with van der Waals surface area (Å²) in [5, 5.41) is 10.1. The average Bonchev–Trinajstić information content (AvgIpc) is 3.06. The molecular formula is C13H21N5O3S. The maximum absolute atomic E-state index is 11.8. The van der Waals surface area contributed by atoms with Crippen LogP contribution in [0.3, 0.4) is 0 Å². The largest absolute Gasteiger partial charge is 0.383 e. The third kappa shape index (κ3) is 4.99. The molecule has 1 aromatic heterocycles. The molecule has 0 saturated carbocycles. The van der Waals surface area contributed by atoms with E-state index >= 15 is 0 Å². The number of nitrogens with one attached hydrogen (secondary N) is 2. The topological polar surface area (TPSA) is 100 Å². The van der Waals surface area contributed by atoms with Crippen molar-refractivity contribution in [1.82, 2.24) is 25.4 Å². The van der Waals surface area contributed by atoms with E-state index in [1.165, 1.54) is 11.8 Å². The Morgan fingerprint density at radius 1 is 1.59 bits per heavy atom. The lowest BCUT2D eigenvalue weighted by Crippen LogP contribution is -2.33. The number of aryl methyl sites for hydroxylation is 1. The van der Waals surface area contributed by atoms with Crippen molar-refractivity contribution in [3.05, 3.63) is 5.82 Å². The first-order valence-corrected chi connectivity index (χ1v) is 8.12. The summed E-state index contributed by atoms with van der Waals surface area (Å²) in [5.41, 5.74) is 0. The lowest BCUT2D eigenvalue weighted by Gasteiger charge is -2.16. The smallest absolute Gasteiger partial charge is 0.230 e. The Bertz CT molecular complexity index is 522. The van der Waals surface area contributed by atoms with E-state index in [4.69, 9.17) is 4.74 Å². The molecule has 0 aliphatic carbocycles. The van der Waals surface area contributed by atoms with Crippen molar-refractivity contribution >= 4 is 23.6 Å². The van der Waals surface area contributed by atoms with Gasteiger partial charge in [-0.05, 0) is 6.92 Å². The molecule has 2 amide bonds. The van der Waals surface area contributed by atoms with Gasteiger partial charge in [-0.15, -0.1) is 5.10 Å². The second-order valence-corrected chi connectivity index (χ2v) is 6.14. The van der Waals surface area contributed by atoms with Gasteiger partial charge in [-0.25, -0.2) is 4.98 Å². The molecule has 8 nitrogen and oxygen atoms in total. The number of rotatable bonds is 8. The fraction of sp³-hybridized carbons (Fsp3) is 0.692. The summed E-state index contributed by atoms with van der Waals surface area (Å²) >= 11 is 1.28. The van der Waals surface area contributed by atoms with Crippen molar-refractivity contribution in [3.8, 4) is 0 Å². The first-order chi connectivity index (χ1) is 10.6. The Hall–Kier alpha value is -1.61. The predicted molar refractivity (Wildman–Crippen MR) is 81.4 cm³/mol. The van der Waals surface area contributed by atoms with Crippen LogP contribution in [-0.4, -0.2) is 71.0 Å². The van der Waals surface area contributed by atoms with Gasteiger partial charge in [0.2, 0.25) is 17.0 Å². The summed E-state index contributed by atoms with van der Waals surface area (Å²) in [6, 6.07) is 0. The van der Waals surface area contributed by atoms with Gasteiger partial charge in [0.25, 0.3) is 0 Å². The van der Waals surface area contributed by atoms with Crippen LogP contribution in [0.1, 0.15) is 12.2 Å². The number of hydrogen-bond donors (Lipinski definition) is 2. The number of thioether (sulfide) groups is 1. The minimum Gasteiger partial charge on any atom is -0.383 e. The zero-order valence-corrected chi connectivity index (χ0v) is 13.6. The highest BCUT2D eigenvalue weighted by Crippen LogP contribution is 2.17. The monoisotopic (exact) mass is 327 g/mol. The van der Waals surface area contributed by atoms with E-state index in [2.05, 4.69) is 20.5 Å². The van der Waals surface area contributed by atoms with Crippen molar-refractivity contribution in [3.63, 3.8) is 0 Å². The highest BCUT2D eigenvalue weighted by molar-refractivity contribution is 7.99. The summed E-state index contributed by atoms with van der Waals surface area (Å²) in [6.45, 7) is 4.15. The van der Waals surface area contributed by atoms with Crippen LogP contribution in [0.25, 0.3) is 0 Å². The average molecular weight is 327 g/mol. The van der Waals surface area contributed by atoms with Crippen LogP contribution in [0.2, 0.25) is 0 Å². The highest BCUT2D eigenvalue weighted by atomic mass is 32.2. The van der Waals surface area contributed by atoms with E-state index in [-0.39, 0.29) is 23.5 Å². The van der Waals surface area contributed by atoms with Gasteiger partial charge < -0.3 is 15.0 Å². The van der Waals surface area contributed by atoms with Crippen molar-refractivity contribution in [1.29, 1.82) is 0 Å². The number of amides is 2. The van der Waals surface area contributed by atoms with Crippen molar-refractivity contribution in [2.45, 2.75) is 18.5 Å². The number of carbonyl (C=O) groups is 2. The molecule has 2 heterocycles. The number of methoxy groups -OCH3 is 1. The quantitative estimate of drug-likeness (QED) is 0.642. The van der Waals surface area contributed by atoms with Crippen LogP contribution in [-0.2, 0) is 14.3 Å². The normalized spacial score (nSPS) is 18.0. The van der Waals surface area contributed by atoms with Gasteiger partial charge >= 0.3 is 0 Å². The number of nitrogens with zero attached hydrogens (tertiary/aromatic N) is 3. The van der Waals surface area contributed by atoms with Gasteiger partial charge in [0, 0.05) is 39.1 Å². The molecule has 1 aliphatic heterocycles. The van der Waals surface area contributed by atoms with Gasteiger partial charge in [0.15, 0.2) is 0 Å². The Kier molecular flexibility index (Phi) is 6.20. The number of likely N-dealkylation sites (tertiary alicyclic amines) is 1. The maximum atomic E-state index is 11.8. The van der Waals surface area contributed by atoms with Crippen LogP contribution in [0.15, 0.2) is 5.16 Å². The van der Waals surface area contributed by atoms with E-state index in [0.717, 1.165) is 5.82 Å². The molecule has 0 bridgehead atoms. The van der Waals surface area contributed by atoms with E-state index in [1.54, 1.807) is 12.0 Å². The molecular weight excluding hydrogens is 306 g/mol. The van der Waals surface area contributed by atoms with Gasteiger partial charge in [-0.2, -0.15) is 0 Å². The molecule has 9 heteroatoms. The molecule has 2 rings (SSSR count). The van der Waals surface area contributed by atoms with Crippen molar-refractivity contribution in [2.75, 3.05) is 39.1 Å². The number of H-pyrrole nitrogens is 1. The SMILES string of the molecule is COCCN1C[C@H](CNC(=O)CSc2n[nH]c(C)n2)CC1=O. The Labute approximate surface area is 133 Å². The Morgan fingerprint density at radius 3 is 3.09 bits per heavy atom.